The van der Waals surface area contributed by atoms with E-state index in [9.17, 15) is 53.4 Å². The van der Waals surface area contributed by atoms with Gasteiger partial charge in [-0.1, -0.05) is 102 Å². The average molecular weight is 1060 g/mol. The summed E-state index contributed by atoms with van der Waals surface area (Å²) < 4.78 is 0. The van der Waals surface area contributed by atoms with Crippen LogP contribution in [0.3, 0.4) is 0 Å². The van der Waals surface area contributed by atoms with Crippen molar-refractivity contribution >= 4 is 53.2 Å². The van der Waals surface area contributed by atoms with E-state index < -0.39 is 120 Å². The van der Waals surface area contributed by atoms with Gasteiger partial charge in [0.2, 0.25) is 47.3 Å². The van der Waals surface area contributed by atoms with Gasteiger partial charge in [0.1, 0.15) is 42.3 Å². The van der Waals surface area contributed by atoms with E-state index in [0.29, 0.717) is 19.3 Å². The van der Waals surface area contributed by atoms with Crippen LogP contribution in [0.25, 0.3) is 0 Å². The highest BCUT2D eigenvalue weighted by Gasteiger charge is 2.43. The highest BCUT2D eigenvalue weighted by atomic mass is 16.4. The van der Waals surface area contributed by atoms with Crippen molar-refractivity contribution in [3.8, 4) is 0 Å². The van der Waals surface area contributed by atoms with Gasteiger partial charge in [0, 0.05) is 28.2 Å². The van der Waals surface area contributed by atoms with Crippen LogP contribution in [0.1, 0.15) is 149 Å². The first-order chi connectivity index (χ1) is 34.6. The molecule has 0 unspecified atom stereocenters. The Morgan fingerprint density at radius 3 is 1.23 bits per heavy atom. The highest BCUT2D eigenvalue weighted by molar-refractivity contribution is 5.98. The summed E-state index contributed by atoms with van der Waals surface area (Å²) >= 11 is 0. The van der Waals surface area contributed by atoms with Crippen LogP contribution in [-0.2, 0) is 43.2 Å². The highest BCUT2D eigenvalue weighted by Crippen LogP contribution is 2.23. The first-order valence-electron chi connectivity index (χ1n) is 27.0. The maximum absolute atomic E-state index is 14.5. The molecule has 0 rings (SSSR count). The number of hydrogen-bond acceptors (Lipinski definition) is 11. The van der Waals surface area contributed by atoms with Crippen LogP contribution in [0.4, 0.5) is 0 Å². The summed E-state index contributed by atoms with van der Waals surface area (Å²) in [5.41, 5.74) is 0. The normalized spacial score (nSPS) is 16.3. The van der Waals surface area contributed by atoms with Gasteiger partial charge in [-0.15, -0.1) is 0 Å². The van der Waals surface area contributed by atoms with Crippen molar-refractivity contribution in [3.63, 3.8) is 0 Å². The molecule has 7 N–H and O–H groups in total. The van der Waals surface area contributed by atoms with Gasteiger partial charge in [-0.05, 0) is 108 Å². The molecule has 20 nitrogen and oxygen atoms in total. The van der Waals surface area contributed by atoms with Gasteiger partial charge in [0.05, 0.1) is 12.1 Å². The summed E-state index contributed by atoms with van der Waals surface area (Å²) in [4.78, 5) is 130. The number of likely N-dealkylation sites (N-methyl/N-ethyl adjacent to an activating group) is 5. The molecular weight excluding hydrogens is 963 g/mol. The van der Waals surface area contributed by atoms with Gasteiger partial charge in [0.25, 0.3) is 0 Å². The Morgan fingerprint density at radius 1 is 0.453 bits per heavy atom. The van der Waals surface area contributed by atoms with E-state index in [-0.39, 0.29) is 54.8 Å². The first-order valence-corrected chi connectivity index (χ1v) is 27.0. The SMILES string of the molecule is C/C=C/C[C@@H](C)[C@@H](O)[C@@H](C(=O)O)N(C)C(=O)[C@H](C(C)C)N(C)C(=O)[C@H](CC(C)C)NC(=O)[C@H](CC(C)C)N(C)C(=O)[C@@H](C)NC(=O)[C@H](C)NC(=O)[C@H](CC(C)C)N(C)C(=O)[C@H](CC(C)C)NC(=O)[C@H](CC(C)C)NC. The molecule has 0 aliphatic heterocycles. The molecule has 8 amide bonds. The van der Waals surface area contributed by atoms with Crippen LogP contribution in [0, 0.1) is 41.4 Å². The number of rotatable bonds is 33. The van der Waals surface area contributed by atoms with Crippen molar-refractivity contribution in [1.29, 1.82) is 0 Å². The van der Waals surface area contributed by atoms with E-state index in [2.05, 4.69) is 26.6 Å². The fraction of sp³-hybridized carbons (Fsp3) is 0.800. The average Bonchev–Trinajstić information content (AvgIpc) is 3.30. The Bertz CT molecular complexity index is 1910. The molecule has 0 radical (unpaired) electrons. The lowest BCUT2D eigenvalue weighted by molar-refractivity contribution is -0.160. The predicted molar refractivity (Wildman–Crippen MR) is 293 cm³/mol. The third kappa shape index (κ3) is 22.6. The number of carboxylic acids is 1. The number of aliphatic hydroxyl groups excluding tert-OH is 1. The Morgan fingerprint density at radius 2 is 0.827 bits per heavy atom. The minimum absolute atomic E-state index is 0.0327. The lowest BCUT2D eigenvalue weighted by Crippen LogP contribution is -2.61. The van der Waals surface area contributed by atoms with Crippen molar-refractivity contribution < 1.29 is 53.4 Å². The molecule has 0 bridgehead atoms. The molecule has 432 valence electrons. The fourth-order valence-electron chi connectivity index (χ4n) is 9.13. The zero-order chi connectivity index (χ0) is 58.5. The second kappa shape index (κ2) is 33.1. The van der Waals surface area contributed by atoms with Crippen molar-refractivity contribution in [2.24, 2.45) is 41.4 Å². The van der Waals surface area contributed by atoms with Crippen LogP contribution in [-0.4, -0.2) is 179 Å². The molecule has 0 saturated heterocycles. The second-order valence-corrected chi connectivity index (χ2v) is 23.1. The number of carbonyl (C=O) groups is 9. The van der Waals surface area contributed by atoms with Gasteiger partial charge < -0.3 is 56.4 Å². The lowest BCUT2D eigenvalue weighted by atomic mass is 9.92. The van der Waals surface area contributed by atoms with E-state index in [1.54, 1.807) is 46.9 Å². The number of nitrogens with zero attached hydrogens (tertiary/aromatic N) is 4. The van der Waals surface area contributed by atoms with E-state index in [0.717, 1.165) is 4.90 Å². The predicted octanol–water partition coefficient (Wildman–Crippen LogP) is 3.80. The smallest absolute Gasteiger partial charge is 0.329 e. The summed E-state index contributed by atoms with van der Waals surface area (Å²) in [5, 5.41) is 35.5. The first kappa shape index (κ1) is 69.9. The van der Waals surface area contributed by atoms with Crippen LogP contribution < -0.4 is 26.6 Å². The molecule has 0 aliphatic carbocycles. The molecule has 0 spiro atoms. The Labute approximate surface area is 450 Å². The third-order valence-electron chi connectivity index (χ3n) is 13.4. The van der Waals surface area contributed by atoms with Crippen molar-refractivity contribution in [3.05, 3.63) is 12.2 Å². The molecular formula is C55H101N9O11. The molecule has 0 aromatic heterocycles. The van der Waals surface area contributed by atoms with Crippen LogP contribution >= 0.6 is 0 Å². The number of aliphatic carboxylic acids is 1. The van der Waals surface area contributed by atoms with Crippen LogP contribution in [0.2, 0.25) is 0 Å². The number of carbonyl (C=O) groups excluding carboxylic acids is 8. The summed E-state index contributed by atoms with van der Waals surface area (Å²) in [6, 6.07) is -9.88. The molecule has 11 atom stereocenters. The molecule has 0 aliphatic rings. The molecule has 75 heavy (non-hydrogen) atoms. The summed E-state index contributed by atoms with van der Waals surface area (Å²) in [6.45, 7) is 28.9. The van der Waals surface area contributed by atoms with Gasteiger partial charge in [-0.25, -0.2) is 4.79 Å². The van der Waals surface area contributed by atoms with E-state index >= 15 is 0 Å². The summed E-state index contributed by atoms with van der Waals surface area (Å²) in [6.07, 6.45) is 3.99. The van der Waals surface area contributed by atoms with Gasteiger partial charge in [0.15, 0.2) is 6.04 Å². The molecule has 0 fully saturated rings. The minimum Gasteiger partial charge on any atom is -0.480 e. The second-order valence-electron chi connectivity index (χ2n) is 23.1. The number of hydrogen-bond donors (Lipinski definition) is 7. The Balaban J connectivity index is 6.53. The number of carboxylic acid groups (broad SMARTS) is 1. The van der Waals surface area contributed by atoms with E-state index in [1.807, 2.05) is 69.2 Å². The van der Waals surface area contributed by atoms with Crippen molar-refractivity contribution in [2.75, 3.05) is 35.2 Å². The van der Waals surface area contributed by atoms with Gasteiger partial charge >= 0.3 is 5.97 Å². The topological polar surface area (TPSA) is 267 Å². The summed E-state index contributed by atoms with van der Waals surface area (Å²) in [5.74, 6) is -7.16. The minimum atomic E-state index is -1.61. The maximum Gasteiger partial charge on any atom is 0.329 e. The molecule has 0 heterocycles. The lowest BCUT2D eigenvalue weighted by Gasteiger charge is -2.39. The van der Waals surface area contributed by atoms with Gasteiger partial charge in [-0.2, -0.15) is 0 Å². The number of aliphatic hydroxyl groups is 1. The van der Waals surface area contributed by atoms with Crippen LogP contribution in [0.5, 0.6) is 0 Å². The zero-order valence-corrected chi connectivity index (χ0v) is 49.6. The standard InChI is InChI=1S/C55H101N9O11/c1-22-23-24-36(14)46(65)45(55(74)75)64(21)54(73)44(35(12)13)63(20)53(72)41(27-32(6)7)60-50(69)43(29-34(10)11)61(18)51(70)38(16)58-47(66)37(15)57-49(68)42(28-33(8)9)62(19)52(71)40(26-31(4)5)59-48(67)39(56-17)25-30(2)3/h22-23,30-46,56,65H,24-29H2,1-21H3,(H,57,68)(H,58,66)(H,59,67)(H,60,69)(H,74,75)/b23-22+/t36-,37+,38-,39+,40+,41+,42+,43+,44+,45+,46-/m1/s1. The van der Waals surface area contributed by atoms with Crippen molar-refractivity contribution in [2.45, 2.75) is 210 Å². The zero-order valence-electron chi connectivity index (χ0n) is 49.6. The monoisotopic (exact) mass is 1060 g/mol. The molecule has 0 aromatic rings. The number of nitrogens with one attached hydrogen (secondary N) is 5. The van der Waals surface area contributed by atoms with E-state index in [4.69, 9.17) is 0 Å². The van der Waals surface area contributed by atoms with E-state index in [1.165, 1.54) is 56.7 Å². The largest absolute Gasteiger partial charge is 0.480 e. The molecule has 0 saturated carbocycles. The molecule has 20 heteroatoms. The number of amides is 8. The summed E-state index contributed by atoms with van der Waals surface area (Å²) in [7, 11) is 7.31. The maximum atomic E-state index is 14.5. The molecule has 0 aromatic carbocycles. The third-order valence-corrected chi connectivity index (χ3v) is 13.4. The van der Waals surface area contributed by atoms with Gasteiger partial charge in [-0.3, -0.25) is 38.4 Å². The van der Waals surface area contributed by atoms with Crippen LogP contribution in [0.15, 0.2) is 12.2 Å². The number of allylic oxidation sites excluding steroid dienone is 2. The fourth-order valence-corrected chi connectivity index (χ4v) is 9.13. The quantitative estimate of drug-likeness (QED) is 0.0463. The Kier molecular flexibility index (Phi) is 30.9. The van der Waals surface area contributed by atoms with Crippen molar-refractivity contribution in [1.82, 2.24) is 46.2 Å². The Hall–Kier alpha value is -5.11.